The van der Waals surface area contributed by atoms with Gasteiger partial charge in [-0.1, -0.05) is 0 Å². The van der Waals surface area contributed by atoms with E-state index in [0.29, 0.717) is 25.5 Å². The number of carbonyl (C=O) groups excluding carboxylic acids is 1. The molecule has 2 aromatic rings. The van der Waals surface area contributed by atoms with E-state index in [4.69, 9.17) is 0 Å². The lowest BCUT2D eigenvalue weighted by Crippen LogP contribution is -2.40. The number of halogens is 3. The zero-order chi connectivity index (χ0) is 20.1. The number of rotatable bonds is 2. The SMILES string of the molecule is Cn1nc(C(=O)N2CCC3CN(c4ccc(C(F)(F)F)cn4)CC32)ccc1=O. The van der Waals surface area contributed by atoms with E-state index in [9.17, 15) is 22.8 Å². The number of anilines is 1. The predicted molar refractivity (Wildman–Crippen MR) is 93.9 cm³/mol. The van der Waals surface area contributed by atoms with E-state index in [1.807, 2.05) is 4.90 Å². The predicted octanol–water partition coefficient (Wildman–Crippen LogP) is 1.54. The number of hydrogen-bond acceptors (Lipinski definition) is 5. The number of alkyl halides is 3. The molecule has 2 saturated heterocycles. The number of fused-ring (bicyclic) bond motifs is 1. The molecule has 0 spiro atoms. The van der Waals surface area contributed by atoms with E-state index in [-0.39, 0.29) is 29.1 Å². The zero-order valence-corrected chi connectivity index (χ0v) is 15.1. The van der Waals surface area contributed by atoms with Crippen molar-refractivity contribution in [2.24, 2.45) is 13.0 Å². The number of aromatic nitrogens is 3. The quantitative estimate of drug-likeness (QED) is 0.774. The molecule has 0 bridgehead atoms. The van der Waals surface area contributed by atoms with Crippen LogP contribution in [0.1, 0.15) is 22.5 Å². The maximum atomic E-state index is 12.8. The summed E-state index contributed by atoms with van der Waals surface area (Å²) in [7, 11) is 1.49. The van der Waals surface area contributed by atoms with E-state index >= 15 is 0 Å². The summed E-state index contributed by atoms with van der Waals surface area (Å²) in [5.74, 6) is 0.445. The van der Waals surface area contributed by atoms with Crippen molar-refractivity contribution >= 4 is 11.7 Å². The summed E-state index contributed by atoms with van der Waals surface area (Å²) in [6, 6.07) is 5.05. The summed E-state index contributed by atoms with van der Waals surface area (Å²) >= 11 is 0. The summed E-state index contributed by atoms with van der Waals surface area (Å²) in [6.45, 7) is 1.72. The molecule has 0 aromatic carbocycles. The molecule has 0 saturated carbocycles. The van der Waals surface area contributed by atoms with Gasteiger partial charge in [-0.2, -0.15) is 18.3 Å². The van der Waals surface area contributed by atoms with Crippen LogP contribution in [-0.4, -0.2) is 51.2 Å². The highest BCUT2D eigenvalue weighted by Crippen LogP contribution is 2.35. The Morgan fingerprint density at radius 2 is 1.96 bits per heavy atom. The second-order valence-electron chi connectivity index (χ2n) is 7.10. The van der Waals surface area contributed by atoms with Crippen molar-refractivity contribution in [3.63, 3.8) is 0 Å². The Morgan fingerprint density at radius 3 is 2.61 bits per heavy atom. The standard InChI is InChI=1S/C18H18F3N5O2/c1-24-16(27)5-3-13(23-24)17(28)26-7-6-11-9-25(10-14(11)26)15-4-2-12(8-22-15)18(19,20)21/h2-5,8,11,14H,6-7,9-10H2,1H3. The fraction of sp³-hybridized carbons (Fsp3) is 0.444. The van der Waals surface area contributed by atoms with E-state index in [1.54, 1.807) is 4.90 Å². The number of hydrogen-bond donors (Lipinski definition) is 0. The van der Waals surface area contributed by atoms with Crippen molar-refractivity contribution in [2.75, 3.05) is 24.5 Å². The third kappa shape index (κ3) is 3.23. The highest BCUT2D eigenvalue weighted by molar-refractivity contribution is 5.92. The smallest absolute Gasteiger partial charge is 0.354 e. The minimum Gasteiger partial charge on any atom is -0.354 e. The normalized spacial score (nSPS) is 21.9. The van der Waals surface area contributed by atoms with Crippen LogP contribution in [0.3, 0.4) is 0 Å². The van der Waals surface area contributed by atoms with Gasteiger partial charge in [0.1, 0.15) is 11.5 Å². The molecule has 1 amide bonds. The second-order valence-corrected chi connectivity index (χ2v) is 7.10. The molecular weight excluding hydrogens is 375 g/mol. The van der Waals surface area contributed by atoms with Gasteiger partial charge in [0.05, 0.1) is 11.6 Å². The molecule has 7 nitrogen and oxygen atoms in total. The Morgan fingerprint density at radius 1 is 1.18 bits per heavy atom. The van der Waals surface area contributed by atoms with Gasteiger partial charge in [0.2, 0.25) is 0 Å². The largest absolute Gasteiger partial charge is 0.417 e. The number of likely N-dealkylation sites (tertiary alicyclic amines) is 1. The summed E-state index contributed by atoms with van der Waals surface area (Å²) < 4.78 is 39.3. The van der Waals surface area contributed by atoms with Gasteiger partial charge in [0.15, 0.2) is 0 Å². The molecule has 10 heteroatoms. The Balaban J connectivity index is 1.50. The molecule has 0 aliphatic carbocycles. The summed E-state index contributed by atoms with van der Waals surface area (Å²) in [4.78, 5) is 31.9. The monoisotopic (exact) mass is 393 g/mol. The average Bonchev–Trinajstić information content (AvgIpc) is 3.23. The molecule has 2 fully saturated rings. The summed E-state index contributed by atoms with van der Waals surface area (Å²) in [6.07, 6.45) is -2.78. The highest BCUT2D eigenvalue weighted by Gasteiger charge is 2.44. The molecule has 0 radical (unpaired) electrons. The minimum atomic E-state index is -4.42. The van der Waals surface area contributed by atoms with Crippen LogP contribution in [0.5, 0.6) is 0 Å². The number of pyridine rings is 1. The van der Waals surface area contributed by atoms with Crippen LogP contribution in [0, 0.1) is 5.92 Å². The molecule has 4 heterocycles. The maximum Gasteiger partial charge on any atom is 0.417 e. The number of carbonyl (C=O) groups is 1. The number of aryl methyl sites for hydroxylation is 1. The number of amides is 1. The van der Waals surface area contributed by atoms with Crippen LogP contribution in [0.4, 0.5) is 19.0 Å². The summed E-state index contributed by atoms with van der Waals surface area (Å²) in [5, 5.41) is 4.02. The van der Waals surface area contributed by atoms with Crippen LogP contribution >= 0.6 is 0 Å². The lowest BCUT2D eigenvalue weighted by atomic mass is 10.1. The molecule has 28 heavy (non-hydrogen) atoms. The molecule has 2 atom stereocenters. The van der Waals surface area contributed by atoms with Crippen LogP contribution in [0.2, 0.25) is 0 Å². The third-order valence-electron chi connectivity index (χ3n) is 5.39. The van der Waals surface area contributed by atoms with Crippen molar-refractivity contribution < 1.29 is 18.0 Å². The van der Waals surface area contributed by atoms with Gasteiger partial charge in [0, 0.05) is 44.9 Å². The van der Waals surface area contributed by atoms with E-state index in [1.165, 1.54) is 25.2 Å². The van der Waals surface area contributed by atoms with E-state index in [2.05, 4.69) is 10.1 Å². The van der Waals surface area contributed by atoms with Gasteiger partial charge in [-0.25, -0.2) is 9.67 Å². The van der Waals surface area contributed by atoms with Crippen LogP contribution in [-0.2, 0) is 13.2 Å². The maximum absolute atomic E-state index is 12.8. The van der Waals surface area contributed by atoms with Crippen molar-refractivity contribution in [1.82, 2.24) is 19.7 Å². The lowest BCUT2D eigenvalue weighted by molar-refractivity contribution is -0.137. The zero-order valence-electron chi connectivity index (χ0n) is 15.1. The van der Waals surface area contributed by atoms with Gasteiger partial charge < -0.3 is 9.80 Å². The van der Waals surface area contributed by atoms with Crippen molar-refractivity contribution in [1.29, 1.82) is 0 Å². The first-order chi connectivity index (χ1) is 13.2. The van der Waals surface area contributed by atoms with Gasteiger partial charge >= 0.3 is 6.18 Å². The molecule has 2 unspecified atom stereocenters. The molecule has 0 N–H and O–H groups in total. The topological polar surface area (TPSA) is 71.3 Å². The first kappa shape index (κ1) is 18.5. The summed E-state index contributed by atoms with van der Waals surface area (Å²) in [5.41, 5.74) is -0.877. The van der Waals surface area contributed by atoms with Crippen LogP contribution < -0.4 is 10.5 Å². The van der Waals surface area contributed by atoms with Crippen LogP contribution in [0.25, 0.3) is 0 Å². The van der Waals surface area contributed by atoms with Gasteiger partial charge in [0.25, 0.3) is 11.5 Å². The molecule has 148 valence electrons. The van der Waals surface area contributed by atoms with Gasteiger partial charge in [-0.05, 0) is 24.6 Å². The fourth-order valence-electron chi connectivity index (χ4n) is 3.91. The average molecular weight is 393 g/mol. The first-order valence-electron chi connectivity index (χ1n) is 8.87. The Bertz CT molecular complexity index is 957. The van der Waals surface area contributed by atoms with Crippen molar-refractivity contribution in [2.45, 2.75) is 18.6 Å². The minimum absolute atomic E-state index is 0.0596. The molecule has 2 aliphatic heterocycles. The Labute approximate surface area is 158 Å². The van der Waals surface area contributed by atoms with Gasteiger partial charge in [-0.15, -0.1) is 0 Å². The van der Waals surface area contributed by atoms with Crippen molar-refractivity contribution in [3.8, 4) is 0 Å². The molecule has 2 aromatic heterocycles. The lowest BCUT2D eigenvalue weighted by Gasteiger charge is -2.25. The Kier molecular flexibility index (Phi) is 4.35. The molecular formula is C18H18F3N5O2. The van der Waals surface area contributed by atoms with Crippen molar-refractivity contribution in [3.05, 3.63) is 52.1 Å². The fourth-order valence-corrected chi connectivity index (χ4v) is 3.91. The van der Waals surface area contributed by atoms with E-state index in [0.717, 1.165) is 23.4 Å². The van der Waals surface area contributed by atoms with Crippen LogP contribution in [0.15, 0.2) is 35.3 Å². The first-order valence-corrected chi connectivity index (χ1v) is 8.87. The second kappa shape index (κ2) is 6.61. The van der Waals surface area contributed by atoms with Gasteiger partial charge in [-0.3, -0.25) is 9.59 Å². The third-order valence-corrected chi connectivity index (χ3v) is 5.39. The molecule has 4 rings (SSSR count). The highest BCUT2D eigenvalue weighted by atomic mass is 19.4. The Hall–Kier alpha value is -2.91. The molecule has 2 aliphatic rings. The number of nitrogens with zero attached hydrogens (tertiary/aromatic N) is 5. The van der Waals surface area contributed by atoms with E-state index < -0.39 is 11.7 Å².